The molecule has 0 saturated heterocycles. The Morgan fingerprint density at radius 3 is 3.00 bits per heavy atom. The number of fused-ring (bicyclic) bond motifs is 1. The fourth-order valence-corrected chi connectivity index (χ4v) is 1.43. The van der Waals surface area contributed by atoms with E-state index in [0.717, 1.165) is 5.56 Å². The normalized spacial score (nSPS) is 13.4. The number of pyridine rings is 1. The molecule has 1 aliphatic carbocycles. The molecule has 4 heteroatoms. The minimum absolute atomic E-state index is 0.376. The number of carboxylic acid groups (broad SMARTS) is 1. The molecule has 2 rings (SSSR count). The molecule has 0 saturated carbocycles. The van der Waals surface area contributed by atoms with Gasteiger partial charge in [-0.15, -0.1) is 0 Å². The van der Waals surface area contributed by atoms with E-state index in [9.17, 15) is 4.79 Å². The number of carbonyl (C=O) groups is 1. The van der Waals surface area contributed by atoms with Gasteiger partial charge in [-0.05, 0) is 11.6 Å². The van der Waals surface area contributed by atoms with Crippen LogP contribution in [0.4, 0.5) is 0 Å². The highest BCUT2D eigenvalue weighted by atomic mass is 16.5. The lowest BCUT2D eigenvalue weighted by molar-refractivity contribution is -0.132. The Morgan fingerprint density at radius 2 is 2.36 bits per heavy atom. The molecule has 0 atom stereocenters. The standard InChI is InChI=1S/C10H9NO3/c1-14-9-3-2-6-4-7(10(12)13)5-8(6)11-9/h2-3,5H,4H2,1H3,(H,12,13). The van der Waals surface area contributed by atoms with Gasteiger partial charge in [0.25, 0.3) is 0 Å². The number of aliphatic carboxylic acids is 1. The van der Waals surface area contributed by atoms with Gasteiger partial charge in [-0.25, -0.2) is 9.78 Å². The lowest BCUT2D eigenvalue weighted by Gasteiger charge is -2.00. The number of aromatic nitrogens is 1. The molecule has 0 radical (unpaired) electrons. The first kappa shape index (κ1) is 8.74. The zero-order valence-electron chi connectivity index (χ0n) is 7.65. The van der Waals surface area contributed by atoms with E-state index in [1.807, 2.05) is 6.07 Å². The molecule has 4 nitrogen and oxygen atoms in total. The van der Waals surface area contributed by atoms with E-state index in [1.165, 1.54) is 7.11 Å². The summed E-state index contributed by atoms with van der Waals surface area (Å²) in [5, 5.41) is 8.78. The van der Waals surface area contributed by atoms with Crippen molar-refractivity contribution in [3.05, 3.63) is 29.0 Å². The lowest BCUT2D eigenvalue weighted by Crippen LogP contribution is -1.99. The average Bonchev–Trinajstić information content (AvgIpc) is 2.59. The molecule has 0 aliphatic heterocycles. The predicted octanol–water partition coefficient (Wildman–Crippen LogP) is 1.11. The fraction of sp³-hybridized carbons (Fsp3) is 0.200. The molecule has 14 heavy (non-hydrogen) atoms. The molecule has 0 unspecified atom stereocenters. The zero-order chi connectivity index (χ0) is 10.1. The molecule has 1 N–H and O–H groups in total. The SMILES string of the molecule is COc1ccc2c(n1)C=C(C(=O)O)C2. The molecule has 1 aromatic heterocycles. The van der Waals surface area contributed by atoms with E-state index in [2.05, 4.69) is 4.98 Å². The predicted molar refractivity (Wildman–Crippen MR) is 50.1 cm³/mol. The van der Waals surface area contributed by atoms with Crippen LogP contribution in [0.25, 0.3) is 6.08 Å². The van der Waals surface area contributed by atoms with E-state index in [4.69, 9.17) is 9.84 Å². The summed E-state index contributed by atoms with van der Waals surface area (Å²) < 4.78 is 4.95. The van der Waals surface area contributed by atoms with Crippen molar-refractivity contribution in [1.29, 1.82) is 0 Å². The fourth-order valence-electron chi connectivity index (χ4n) is 1.43. The Kier molecular flexibility index (Phi) is 1.96. The van der Waals surface area contributed by atoms with Crippen LogP contribution in [0.2, 0.25) is 0 Å². The van der Waals surface area contributed by atoms with Crippen LogP contribution in [-0.2, 0) is 11.2 Å². The molecule has 72 valence electrons. The van der Waals surface area contributed by atoms with Gasteiger partial charge in [0.2, 0.25) is 5.88 Å². The van der Waals surface area contributed by atoms with Crippen molar-refractivity contribution < 1.29 is 14.6 Å². The second kappa shape index (κ2) is 3.14. The van der Waals surface area contributed by atoms with Crippen LogP contribution >= 0.6 is 0 Å². The third-order valence-electron chi connectivity index (χ3n) is 2.16. The quantitative estimate of drug-likeness (QED) is 0.760. The largest absolute Gasteiger partial charge is 0.481 e. The van der Waals surface area contributed by atoms with Crippen molar-refractivity contribution in [3.8, 4) is 5.88 Å². The van der Waals surface area contributed by atoms with Gasteiger partial charge in [0, 0.05) is 18.1 Å². The number of nitrogens with zero attached hydrogens (tertiary/aromatic N) is 1. The third-order valence-corrected chi connectivity index (χ3v) is 2.16. The van der Waals surface area contributed by atoms with Gasteiger partial charge in [0.15, 0.2) is 0 Å². The maximum absolute atomic E-state index is 10.7. The van der Waals surface area contributed by atoms with Crippen molar-refractivity contribution >= 4 is 12.0 Å². The van der Waals surface area contributed by atoms with E-state index in [-0.39, 0.29) is 0 Å². The number of carboxylic acids is 1. The Labute approximate surface area is 80.8 Å². The molecule has 0 aromatic carbocycles. The van der Waals surface area contributed by atoms with Crippen LogP contribution in [0, 0.1) is 0 Å². The number of hydrogen-bond acceptors (Lipinski definition) is 3. The second-order valence-corrected chi connectivity index (χ2v) is 3.05. The highest BCUT2D eigenvalue weighted by Crippen LogP contribution is 2.25. The molecule has 0 fully saturated rings. The van der Waals surface area contributed by atoms with Gasteiger partial charge in [0.1, 0.15) is 0 Å². The van der Waals surface area contributed by atoms with Crippen LogP contribution in [0.5, 0.6) is 5.88 Å². The number of methoxy groups -OCH3 is 1. The topological polar surface area (TPSA) is 59.4 Å². The lowest BCUT2D eigenvalue weighted by atomic mass is 10.2. The third kappa shape index (κ3) is 1.35. The summed E-state index contributed by atoms with van der Waals surface area (Å²) in [7, 11) is 1.53. The molecule has 0 bridgehead atoms. The molecular formula is C10H9NO3. The van der Waals surface area contributed by atoms with Crippen molar-refractivity contribution in [2.75, 3.05) is 7.11 Å². The first-order valence-corrected chi connectivity index (χ1v) is 4.18. The Morgan fingerprint density at radius 1 is 1.57 bits per heavy atom. The molecule has 1 heterocycles. The van der Waals surface area contributed by atoms with Crippen LogP contribution in [0.1, 0.15) is 11.3 Å². The minimum atomic E-state index is -0.887. The summed E-state index contributed by atoms with van der Waals surface area (Å²) in [5.41, 5.74) is 2.01. The van der Waals surface area contributed by atoms with E-state index >= 15 is 0 Å². The van der Waals surface area contributed by atoms with Crippen molar-refractivity contribution in [3.63, 3.8) is 0 Å². The van der Waals surface area contributed by atoms with Gasteiger partial charge < -0.3 is 9.84 Å². The van der Waals surface area contributed by atoms with Crippen molar-refractivity contribution in [2.45, 2.75) is 6.42 Å². The van der Waals surface area contributed by atoms with Crippen LogP contribution in [-0.4, -0.2) is 23.2 Å². The monoisotopic (exact) mass is 191 g/mol. The average molecular weight is 191 g/mol. The minimum Gasteiger partial charge on any atom is -0.481 e. The summed E-state index contributed by atoms with van der Waals surface area (Å²) in [6.07, 6.45) is 2.03. The summed E-state index contributed by atoms with van der Waals surface area (Å²) in [6.45, 7) is 0. The van der Waals surface area contributed by atoms with Crippen LogP contribution < -0.4 is 4.74 Å². The summed E-state index contributed by atoms with van der Waals surface area (Å²) in [6, 6.07) is 3.57. The molecule has 1 aromatic rings. The van der Waals surface area contributed by atoms with Gasteiger partial charge in [-0.1, -0.05) is 6.07 Å². The Bertz CT molecular complexity index is 423. The maximum Gasteiger partial charge on any atom is 0.331 e. The van der Waals surface area contributed by atoms with Gasteiger partial charge >= 0.3 is 5.97 Å². The van der Waals surface area contributed by atoms with Crippen molar-refractivity contribution in [2.24, 2.45) is 0 Å². The van der Waals surface area contributed by atoms with E-state index in [0.29, 0.717) is 23.6 Å². The molecule has 1 aliphatic rings. The number of ether oxygens (including phenoxy) is 1. The van der Waals surface area contributed by atoms with E-state index in [1.54, 1.807) is 12.1 Å². The summed E-state index contributed by atoms with van der Waals surface area (Å²) in [5.74, 6) is -0.381. The Balaban J connectivity index is 2.39. The first-order valence-electron chi connectivity index (χ1n) is 4.18. The van der Waals surface area contributed by atoms with Crippen LogP contribution in [0.15, 0.2) is 17.7 Å². The zero-order valence-corrected chi connectivity index (χ0v) is 7.65. The number of rotatable bonds is 2. The highest BCUT2D eigenvalue weighted by Gasteiger charge is 2.18. The smallest absolute Gasteiger partial charge is 0.331 e. The molecule has 0 spiro atoms. The van der Waals surface area contributed by atoms with Gasteiger partial charge in [-0.3, -0.25) is 0 Å². The second-order valence-electron chi connectivity index (χ2n) is 3.05. The number of hydrogen-bond donors (Lipinski definition) is 1. The molecule has 0 amide bonds. The first-order chi connectivity index (χ1) is 6.70. The molecular weight excluding hydrogens is 182 g/mol. The van der Waals surface area contributed by atoms with E-state index < -0.39 is 5.97 Å². The highest BCUT2D eigenvalue weighted by molar-refractivity contribution is 5.94. The van der Waals surface area contributed by atoms with Crippen LogP contribution in [0.3, 0.4) is 0 Å². The summed E-state index contributed by atoms with van der Waals surface area (Å²) in [4.78, 5) is 14.8. The van der Waals surface area contributed by atoms with Gasteiger partial charge in [0.05, 0.1) is 12.8 Å². The Hall–Kier alpha value is -1.84. The summed E-state index contributed by atoms with van der Waals surface area (Å²) >= 11 is 0. The maximum atomic E-state index is 10.7. The van der Waals surface area contributed by atoms with Crippen molar-refractivity contribution in [1.82, 2.24) is 4.98 Å². The van der Waals surface area contributed by atoms with Gasteiger partial charge in [-0.2, -0.15) is 0 Å².